The van der Waals surface area contributed by atoms with Gasteiger partial charge < -0.3 is 5.73 Å². The molecule has 4 nitrogen and oxygen atoms in total. The Bertz CT molecular complexity index is 334. The first-order valence-electron chi connectivity index (χ1n) is 6.52. The van der Waals surface area contributed by atoms with E-state index in [1.807, 2.05) is 6.92 Å². The molecular weight excluding hydrogens is 236 g/mol. The molecule has 0 spiro atoms. The number of rotatable bonds is 6. The average molecular weight is 262 g/mol. The van der Waals surface area contributed by atoms with Crippen molar-refractivity contribution in [2.45, 2.75) is 63.7 Å². The standard InChI is InChI=1S/C12H26N2O2S/c1-10(2)8-12(3,9-13)14-17(15,16)11-6-4-5-7-11/h10-11,14H,4-9,13H2,1-3H3. The Kier molecular flexibility index (Phi) is 4.98. The molecule has 0 aromatic carbocycles. The van der Waals surface area contributed by atoms with Gasteiger partial charge in [0.1, 0.15) is 0 Å². The lowest BCUT2D eigenvalue weighted by molar-refractivity contribution is 0.343. The molecule has 3 N–H and O–H groups in total. The SMILES string of the molecule is CC(C)CC(C)(CN)NS(=O)(=O)C1CCCC1. The van der Waals surface area contributed by atoms with Crippen LogP contribution >= 0.6 is 0 Å². The van der Waals surface area contributed by atoms with Crippen LogP contribution in [0.1, 0.15) is 52.9 Å². The third kappa shape index (κ3) is 4.23. The summed E-state index contributed by atoms with van der Waals surface area (Å²) in [6, 6.07) is 0. The van der Waals surface area contributed by atoms with E-state index in [2.05, 4.69) is 18.6 Å². The highest BCUT2D eigenvalue weighted by molar-refractivity contribution is 7.90. The van der Waals surface area contributed by atoms with Gasteiger partial charge in [0.2, 0.25) is 10.0 Å². The molecular formula is C12H26N2O2S. The van der Waals surface area contributed by atoms with Gasteiger partial charge in [-0.1, -0.05) is 26.7 Å². The molecule has 1 fully saturated rings. The smallest absolute Gasteiger partial charge is 0.215 e. The van der Waals surface area contributed by atoms with Crippen molar-refractivity contribution in [3.8, 4) is 0 Å². The highest BCUT2D eigenvalue weighted by atomic mass is 32.2. The van der Waals surface area contributed by atoms with Crippen LogP contribution in [0.5, 0.6) is 0 Å². The molecule has 0 aromatic heterocycles. The molecule has 0 heterocycles. The molecule has 0 bridgehead atoms. The third-order valence-corrected chi connectivity index (χ3v) is 5.57. The molecule has 1 saturated carbocycles. The Balaban J connectivity index is 2.72. The number of hydrogen-bond acceptors (Lipinski definition) is 3. The molecule has 1 atom stereocenters. The molecule has 0 amide bonds. The van der Waals surface area contributed by atoms with Crippen molar-refractivity contribution in [3.63, 3.8) is 0 Å². The molecule has 0 aromatic rings. The lowest BCUT2D eigenvalue weighted by Gasteiger charge is -2.32. The van der Waals surface area contributed by atoms with E-state index >= 15 is 0 Å². The maximum Gasteiger partial charge on any atom is 0.215 e. The van der Waals surface area contributed by atoms with Gasteiger partial charge >= 0.3 is 0 Å². The Morgan fingerprint density at radius 3 is 2.29 bits per heavy atom. The average Bonchev–Trinajstić information content (AvgIpc) is 2.68. The summed E-state index contributed by atoms with van der Waals surface area (Å²) in [7, 11) is -3.21. The van der Waals surface area contributed by atoms with Crippen molar-refractivity contribution in [3.05, 3.63) is 0 Å². The van der Waals surface area contributed by atoms with Gasteiger partial charge in [-0.3, -0.25) is 0 Å². The van der Waals surface area contributed by atoms with Crippen LogP contribution in [0.15, 0.2) is 0 Å². The highest BCUT2D eigenvalue weighted by Crippen LogP contribution is 2.26. The largest absolute Gasteiger partial charge is 0.329 e. The third-order valence-electron chi connectivity index (χ3n) is 3.44. The van der Waals surface area contributed by atoms with E-state index in [1.54, 1.807) is 0 Å². The molecule has 1 rings (SSSR count). The van der Waals surface area contributed by atoms with Crippen molar-refractivity contribution >= 4 is 10.0 Å². The molecule has 0 radical (unpaired) electrons. The van der Waals surface area contributed by atoms with Crippen LogP contribution in [0, 0.1) is 5.92 Å². The Labute approximate surface area is 105 Å². The fraction of sp³-hybridized carbons (Fsp3) is 1.00. The lowest BCUT2D eigenvalue weighted by Crippen LogP contribution is -2.54. The van der Waals surface area contributed by atoms with Gasteiger partial charge in [-0.15, -0.1) is 0 Å². The molecule has 0 saturated heterocycles. The van der Waals surface area contributed by atoms with Crippen LogP contribution in [-0.4, -0.2) is 25.8 Å². The Morgan fingerprint density at radius 1 is 1.35 bits per heavy atom. The summed E-state index contributed by atoms with van der Waals surface area (Å²) in [4.78, 5) is 0. The predicted molar refractivity (Wildman–Crippen MR) is 71.2 cm³/mol. The first kappa shape index (κ1) is 14.9. The van der Waals surface area contributed by atoms with E-state index in [1.165, 1.54) is 0 Å². The summed E-state index contributed by atoms with van der Waals surface area (Å²) in [6.07, 6.45) is 4.40. The second kappa shape index (κ2) is 5.67. The second-order valence-electron chi connectivity index (χ2n) is 5.92. The Hall–Kier alpha value is -0.130. The fourth-order valence-corrected chi connectivity index (χ4v) is 4.67. The van der Waals surface area contributed by atoms with Crippen LogP contribution in [-0.2, 0) is 10.0 Å². The van der Waals surface area contributed by atoms with Crippen LogP contribution < -0.4 is 10.5 Å². The summed E-state index contributed by atoms with van der Waals surface area (Å²) in [5.74, 6) is 0.426. The van der Waals surface area contributed by atoms with Gasteiger partial charge in [0.05, 0.1) is 5.25 Å². The zero-order valence-electron chi connectivity index (χ0n) is 11.2. The molecule has 17 heavy (non-hydrogen) atoms. The van der Waals surface area contributed by atoms with E-state index in [0.29, 0.717) is 12.5 Å². The van der Waals surface area contributed by atoms with Gasteiger partial charge in [-0.05, 0) is 32.1 Å². The second-order valence-corrected chi connectivity index (χ2v) is 7.88. The number of nitrogens with one attached hydrogen (secondary N) is 1. The van der Waals surface area contributed by atoms with E-state index < -0.39 is 15.6 Å². The van der Waals surface area contributed by atoms with Crippen molar-refractivity contribution in [2.24, 2.45) is 11.7 Å². The first-order valence-corrected chi connectivity index (χ1v) is 8.06. The lowest BCUT2D eigenvalue weighted by atomic mass is 9.92. The zero-order chi connectivity index (χ0) is 13.1. The van der Waals surface area contributed by atoms with Crippen molar-refractivity contribution in [2.75, 3.05) is 6.54 Å². The monoisotopic (exact) mass is 262 g/mol. The van der Waals surface area contributed by atoms with E-state index in [0.717, 1.165) is 32.1 Å². The van der Waals surface area contributed by atoms with E-state index in [4.69, 9.17) is 5.73 Å². The van der Waals surface area contributed by atoms with Crippen LogP contribution in [0.25, 0.3) is 0 Å². The van der Waals surface area contributed by atoms with E-state index in [9.17, 15) is 8.42 Å². The molecule has 1 aliphatic carbocycles. The van der Waals surface area contributed by atoms with Crippen LogP contribution in [0.3, 0.4) is 0 Å². The van der Waals surface area contributed by atoms with Crippen LogP contribution in [0.4, 0.5) is 0 Å². The van der Waals surface area contributed by atoms with Crippen molar-refractivity contribution in [1.29, 1.82) is 0 Å². The quantitative estimate of drug-likeness (QED) is 0.764. The molecule has 1 unspecified atom stereocenters. The normalized spacial score (nSPS) is 21.9. The Morgan fingerprint density at radius 2 is 1.88 bits per heavy atom. The summed E-state index contributed by atoms with van der Waals surface area (Å²) < 4.78 is 27.3. The van der Waals surface area contributed by atoms with Gasteiger partial charge in [0, 0.05) is 12.1 Å². The van der Waals surface area contributed by atoms with Crippen molar-refractivity contribution in [1.82, 2.24) is 4.72 Å². The van der Waals surface area contributed by atoms with Gasteiger partial charge in [-0.2, -0.15) is 0 Å². The molecule has 102 valence electrons. The zero-order valence-corrected chi connectivity index (χ0v) is 12.0. The minimum Gasteiger partial charge on any atom is -0.329 e. The van der Waals surface area contributed by atoms with Gasteiger partial charge in [0.25, 0.3) is 0 Å². The van der Waals surface area contributed by atoms with Crippen molar-refractivity contribution < 1.29 is 8.42 Å². The van der Waals surface area contributed by atoms with E-state index in [-0.39, 0.29) is 5.25 Å². The predicted octanol–water partition coefficient (Wildman–Crippen LogP) is 1.61. The first-order chi connectivity index (χ1) is 7.79. The number of nitrogens with two attached hydrogens (primary N) is 1. The van der Waals surface area contributed by atoms with Gasteiger partial charge in [-0.25, -0.2) is 13.1 Å². The topological polar surface area (TPSA) is 72.2 Å². The molecule has 0 aliphatic heterocycles. The van der Waals surface area contributed by atoms with Crippen LogP contribution in [0.2, 0.25) is 0 Å². The highest BCUT2D eigenvalue weighted by Gasteiger charge is 2.35. The summed E-state index contributed by atoms with van der Waals surface area (Å²) in [5, 5.41) is -0.208. The number of hydrogen-bond donors (Lipinski definition) is 2. The number of sulfonamides is 1. The summed E-state index contributed by atoms with van der Waals surface area (Å²) >= 11 is 0. The fourth-order valence-electron chi connectivity index (χ4n) is 2.69. The molecule has 1 aliphatic rings. The molecule has 5 heteroatoms. The van der Waals surface area contributed by atoms with Gasteiger partial charge in [0.15, 0.2) is 0 Å². The maximum absolute atomic E-state index is 12.2. The summed E-state index contributed by atoms with van der Waals surface area (Å²) in [5.41, 5.74) is 5.23. The maximum atomic E-state index is 12.2. The minimum absolute atomic E-state index is 0.208. The minimum atomic E-state index is -3.21. The summed E-state index contributed by atoms with van der Waals surface area (Å²) in [6.45, 7) is 6.41.